The Morgan fingerprint density at radius 1 is 1.24 bits per heavy atom. The van der Waals surface area contributed by atoms with Gasteiger partial charge >= 0.3 is 6.09 Å². The maximum atomic E-state index is 13.6. The molecule has 0 fully saturated rings. The van der Waals surface area contributed by atoms with E-state index >= 15 is 0 Å². The van der Waals surface area contributed by atoms with Crippen molar-refractivity contribution in [2.24, 2.45) is 0 Å². The van der Waals surface area contributed by atoms with Crippen LogP contribution in [-0.2, 0) is 19.6 Å². The summed E-state index contributed by atoms with van der Waals surface area (Å²) >= 11 is 5.81. The lowest BCUT2D eigenvalue weighted by Gasteiger charge is -2.35. The van der Waals surface area contributed by atoms with Crippen LogP contribution in [0.25, 0.3) is 0 Å². The van der Waals surface area contributed by atoms with Crippen LogP contribution in [-0.4, -0.2) is 45.7 Å². The molecule has 2 N–H and O–H groups in total. The summed E-state index contributed by atoms with van der Waals surface area (Å²) in [4.78, 5) is 23.9. The highest BCUT2D eigenvalue weighted by Crippen LogP contribution is 2.40. The normalized spacial score (nSPS) is 15.7. The van der Waals surface area contributed by atoms with E-state index < -0.39 is 33.6 Å². The van der Waals surface area contributed by atoms with Gasteiger partial charge in [-0.2, -0.15) is 0 Å². The minimum absolute atomic E-state index is 0.0932. The number of carbonyl (C=O) groups excluding carboxylic acids is 2. The molecule has 0 saturated carbocycles. The van der Waals surface area contributed by atoms with Gasteiger partial charge in [0.05, 0.1) is 28.6 Å². The monoisotopic (exact) mass is 513 g/mol. The number of nitrogens with zero attached hydrogens (tertiary/aromatic N) is 1. The van der Waals surface area contributed by atoms with E-state index in [9.17, 15) is 22.4 Å². The molecule has 9 nitrogen and oxygen atoms in total. The Hall–Kier alpha value is -3.05. The first-order valence-corrected chi connectivity index (χ1v) is 12.1. The largest absolute Gasteiger partial charge is 0.486 e. The number of benzene rings is 2. The van der Waals surface area contributed by atoms with Gasteiger partial charge in [0.25, 0.3) is 10.0 Å². The fourth-order valence-electron chi connectivity index (χ4n) is 3.22. The second-order valence-corrected chi connectivity index (χ2v) is 10.8. The molecule has 2 aromatic rings. The van der Waals surface area contributed by atoms with Crippen LogP contribution in [0.2, 0.25) is 5.02 Å². The highest BCUT2D eigenvalue weighted by Gasteiger charge is 2.36. The maximum Gasteiger partial charge on any atom is 0.412 e. The third-order valence-corrected chi connectivity index (χ3v) is 6.77. The van der Waals surface area contributed by atoms with Crippen molar-refractivity contribution in [1.82, 2.24) is 5.32 Å². The molecule has 0 unspecified atom stereocenters. The van der Waals surface area contributed by atoms with Crippen LogP contribution in [0.3, 0.4) is 0 Å². The number of amides is 2. The summed E-state index contributed by atoms with van der Waals surface area (Å²) in [6.07, 6.45) is -1.60. The third kappa shape index (κ3) is 5.89. The second kappa shape index (κ2) is 9.67. The van der Waals surface area contributed by atoms with E-state index in [1.807, 2.05) is 0 Å². The van der Waals surface area contributed by atoms with Crippen LogP contribution in [0.1, 0.15) is 27.2 Å². The summed E-state index contributed by atoms with van der Waals surface area (Å²) in [7, 11) is -2.78. The summed E-state index contributed by atoms with van der Waals surface area (Å²) in [5.41, 5.74) is -0.341. The summed E-state index contributed by atoms with van der Waals surface area (Å²) < 4.78 is 52.8. The van der Waals surface area contributed by atoms with Crippen molar-refractivity contribution >= 4 is 45.0 Å². The Balaban J connectivity index is 2.02. The van der Waals surface area contributed by atoms with Gasteiger partial charge in [-0.05, 0) is 57.2 Å². The van der Waals surface area contributed by atoms with Gasteiger partial charge in [0, 0.05) is 12.7 Å². The van der Waals surface area contributed by atoms with Crippen LogP contribution >= 0.6 is 11.6 Å². The molecule has 0 saturated heterocycles. The average molecular weight is 514 g/mol. The summed E-state index contributed by atoms with van der Waals surface area (Å²) in [6.45, 7) is 4.93. The highest BCUT2D eigenvalue weighted by molar-refractivity contribution is 7.92. The van der Waals surface area contributed by atoms with Crippen LogP contribution in [0, 0.1) is 5.82 Å². The van der Waals surface area contributed by atoms with Gasteiger partial charge in [-0.3, -0.25) is 14.4 Å². The Bertz CT molecular complexity index is 1220. The number of hydrogen-bond acceptors (Lipinski definition) is 6. The molecule has 0 bridgehead atoms. The summed E-state index contributed by atoms with van der Waals surface area (Å²) in [5.74, 6) is -0.908. The molecule has 1 aliphatic rings. The number of carbonyl (C=O) groups is 2. The number of nitrogens with one attached hydrogen (secondary N) is 2. The molecule has 1 aliphatic heterocycles. The van der Waals surface area contributed by atoms with Crippen LogP contribution in [0.5, 0.6) is 5.75 Å². The molecular weight excluding hydrogens is 489 g/mol. The van der Waals surface area contributed by atoms with Crippen LogP contribution < -0.4 is 19.7 Å². The fourth-order valence-corrected chi connectivity index (χ4v) is 4.99. The molecule has 2 amide bonds. The van der Waals surface area contributed by atoms with Gasteiger partial charge in [-0.15, -0.1) is 0 Å². The van der Waals surface area contributed by atoms with E-state index in [1.54, 1.807) is 20.8 Å². The molecule has 184 valence electrons. The Morgan fingerprint density at radius 3 is 2.56 bits per heavy atom. The number of hydrogen-bond donors (Lipinski definition) is 2. The van der Waals surface area contributed by atoms with Gasteiger partial charge in [-0.1, -0.05) is 11.6 Å². The first-order valence-electron chi connectivity index (χ1n) is 10.3. The lowest BCUT2D eigenvalue weighted by molar-refractivity contribution is -0.122. The standard InChI is InChI=1S/C22H25ClFN3O6S/c1-22(2,3)33-21(29)26-13-5-8-19-18(9-13)27(12-14(32-19)10-20(28)25-4)34(30,31)15-6-7-17(24)16(23)11-15/h5-9,11,14H,10,12H2,1-4H3,(H,25,28)(H,26,29)/t14-/m1/s1. The summed E-state index contributed by atoms with van der Waals surface area (Å²) in [6, 6.07) is 7.49. The Kier molecular flexibility index (Phi) is 7.27. The molecule has 2 aromatic carbocycles. The molecular formula is C22H25ClFN3O6S. The average Bonchev–Trinajstić information content (AvgIpc) is 2.73. The zero-order valence-electron chi connectivity index (χ0n) is 19.0. The predicted octanol–water partition coefficient (Wildman–Crippen LogP) is 3.92. The van der Waals surface area contributed by atoms with Gasteiger partial charge in [-0.25, -0.2) is 17.6 Å². The van der Waals surface area contributed by atoms with Crippen molar-refractivity contribution < 1.29 is 31.9 Å². The van der Waals surface area contributed by atoms with Gasteiger partial charge < -0.3 is 14.8 Å². The number of rotatable bonds is 5. The molecule has 0 radical (unpaired) electrons. The van der Waals surface area contributed by atoms with Crippen molar-refractivity contribution in [2.75, 3.05) is 23.2 Å². The lowest BCUT2D eigenvalue weighted by atomic mass is 10.1. The molecule has 1 atom stereocenters. The topological polar surface area (TPSA) is 114 Å². The minimum atomic E-state index is -4.24. The predicted molar refractivity (Wildman–Crippen MR) is 125 cm³/mol. The zero-order valence-corrected chi connectivity index (χ0v) is 20.6. The Labute approximate surface area is 202 Å². The molecule has 3 rings (SSSR count). The van der Waals surface area contributed by atoms with Crippen molar-refractivity contribution in [1.29, 1.82) is 0 Å². The fraction of sp³-hybridized carbons (Fsp3) is 0.364. The molecule has 34 heavy (non-hydrogen) atoms. The van der Waals surface area contributed by atoms with E-state index in [1.165, 1.54) is 25.2 Å². The van der Waals surface area contributed by atoms with Crippen molar-refractivity contribution in [3.8, 4) is 5.75 Å². The van der Waals surface area contributed by atoms with E-state index in [0.717, 1.165) is 22.5 Å². The van der Waals surface area contributed by atoms with Crippen molar-refractivity contribution in [2.45, 2.75) is 43.8 Å². The SMILES string of the molecule is CNC(=O)C[C@@H]1CN(S(=O)(=O)c2ccc(F)c(Cl)c2)c2cc(NC(=O)OC(C)(C)C)ccc2O1. The van der Waals surface area contributed by atoms with Gasteiger partial charge in [0.2, 0.25) is 5.91 Å². The number of sulfonamides is 1. The smallest absolute Gasteiger partial charge is 0.412 e. The van der Waals surface area contributed by atoms with E-state index in [2.05, 4.69) is 10.6 Å². The number of anilines is 2. The minimum Gasteiger partial charge on any atom is -0.486 e. The number of halogens is 2. The molecule has 0 aromatic heterocycles. The van der Waals surface area contributed by atoms with Crippen molar-refractivity contribution in [3.05, 3.63) is 47.2 Å². The molecule has 0 aliphatic carbocycles. The molecule has 1 heterocycles. The maximum absolute atomic E-state index is 13.6. The quantitative estimate of drug-likeness (QED) is 0.626. The van der Waals surface area contributed by atoms with Crippen LogP contribution in [0.4, 0.5) is 20.6 Å². The summed E-state index contributed by atoms with van der Waals surface area (Å²) in [5, 5.41) is 4.68. The highest BCUT2D eigenvalue weighted by atomic mass is 35.5. The van der Waals surface area contributed by atoms with Crippen LogP contribution in [0.15, 0.2) is 41.3 Å². The lowest BCUT2D eigenvalue weighted by Crippen LogP contribution is -2.45. The third-order valence-electron chi connectivity index (χ3n) is 4.71. The van der Waals surface area contributed by atoms with E-state index in [4.69, 9.17) is 21.1 Å². The van der Waals surface area contributed by atoms with Gasteiger partial charge in [0.15, 0.2) is 0 Å². The molecule has 12 heteroatoms. The first-order chi connectivity index (χ1) is 15.8. The molecule has 0 spiro atoms. The first kappa shape index (κ1) is 25.6. The van der Waals surface area contributed by atoms with E-state index in [-0.39, 0.29) is 45.9 Å². The number of ether oxygens (including phenoxy) is 2. The van der Waals surface area contributed by atoms with Crippen molar-refractivity contribution in [3.63, 3.8) is 0 Å². The van der Waals surface area contributed by atoms with E-state index in [0.29, 0.717) is 0 Å². The Morgan fingerprint density at radius 2 is 1.94 bits per heavy atom. The number of fused-ring (bicyclic) bond motifs is 1. The zero-order chi connectivity index (χ0) is 25.3. The second-order valence-electron chi connectivity index (χ2n) is 8.54. The van der Waals surface area contributed by atoms with Gasteiger partial charge in [0.1, 0.15) is 23.3 Å².